The van der Waals surface area contributed by atoms with Crippen LogP contribution in [-0.2, 0) is 19.7 Å². The van der Waals surface area contributed by atoms with Crippen molar-refractivity contribution in [3.63, 3.8) is 0 Å². The van der Waals surface area contributed by atoms with Crippen molar-refractivity contribution in [1.82, 2.24) is 14.7 Å². The Balaban J connectivity index is 2.29. The van der Waals surface area contributed by atoms with Gasteiger partial charge in [0.05, 0.1) is 29.6 Å². The number of benzene rings is 1. The predicted molar refractivity (Wildman–Crippen MR) is 128 cm³/mol. The summed E-state index contributed by atoms with van der Waals surface area (Å²) < 4.78 is 6.77. The molecular formula is C24H35ClN4O3. The van der Waals surface area contributed by atoms with Gasteiger partial charge in [-0.05, 0) is 17.5 Å². The number of para-hydroxylation sites is 1. The molecule has 0 atom stereocenters. The number of carbonyl (C=O) groups excluding carboxylic acids is 2. The average molecular weight is 463 g/mol. The predicted octanol–water partition coefficient (Wildman–Crippen LogP) is 4.67. The molecule has 0 bridgehead atoms. The lowest BCUT2D eigenvalue weighted by molar-refractivity contribution is -0.136. The Hall–Kier alpha value is -2.38. The van der Waals surface area contributed by atoms with Crippen LogP contribution in [0.2, 0.25) is 5.02 Å². The molecule has 2 rings (SSSR count). The lowest BCUT2D eigenvalue weighted by atomic mass is 9.91. The van der Waals surface area contributed by atoms with Gasteiger partial charge in [0.2, 0.25) is 11.8 Å². The van der Waals surface area contributed by atoms with E-state index in [9.17, 15) is 9.59 Å². The number of ether oxygens (including phenoxy) is 1. The molecule has 2 amide bonds. The molecule has 7 nitrogen and oxygen atoms in total. The summed E-state index contributed by atoms with van der Waals surface area (Å²) in [6, 6.07) is 9.17. The second kappa shape index (κ2) is 10.5. The highest BCUT2D eigenvalue weighted by atomic mass is 35.5. The van der Waals surface area contributed by atoms with E-state index in [0.29, 0.717) is 36.1 Å². The zero-order chi connectivity index (χ0) is 24.1. The molecule has 0 saturated heterocycles. The van der Waals surface area contributed by atoms with Crippen LogP contribution in [0.5, 0.6) is 0 Å². The largest absolute Gasteiger partial charge is 0.383 e. The number of amides is 2. The fraction of sp³-hybridized carbons (Fsp3) is 0.542. The fourth-order valence-corrected chi connectivity index (χ4v) is 3.27. The zero-order valence-electron chi connectivity index (χ0n) is 20.2. The number of halogens is 1. The first kappa shape index (κ1) is 25.9. The van der Waals surface area contributed by atoms with Crippen LogP contribution in [0.15, 0.2) is 30.3 Å². The molecule has 176 valence electrons. The quantitative estimate of drug-likeness (QED) is 0.618. The van der Waals surface area contributed by atoms with Gasteiger partial charge >= 0.3 is 0 Å². The number of hydrogen-bond acceptors (Lipinski definition) is 4. The molecule has 1 heterocycles. The third kappa shape index (κ3) is 7.35. The number of nitrogens with one attached hydrogen (secondary N) is 1. The van der Waals surface area contributed by atoms with Crippen LogP contribution in [0.4, 0.5) is 5.82 Å². The van der Waals surface area contributed by atoms with E-state index in [1.807, 2.05) is 45.0 Å². The summed E-state index contributed by atoms with van der Waals surface area (Å²) in [6.45, 7) is 12.8. The van der Waals surface area contributed by atoms with Crippen LogP contribution in [0.25, 0.3) is 5.69 Å². The first-order valence-electron chi connectivity index (χ1n) is 10.7. The smallest absolute Gasteiger partial charge is 0.245 e. The third-order valence-electron chi connectivity index (χ3n) is 4.76. The summed E-state index contributed by atoms with van der Waals surface area (Å²) in [6.07, 6.45) is 0.343. The van der Waals surface area contributed by atoms with E-state index in [1.54, 1.807) is 17.9 Å². The normalized spacial score (nSPS) is 12.0. The van der Waals surface area contributed by atoms with Crippen LogP contribution < -0.4 is 5.32 Å². The van der Waals surface area contributed by atoms with Gasteiger partial charge in [-0.2, -0.15) is 5.10 Å². The topological polar surface area (TPSA) is 76.5 Å². The van der Waals surface area contributed by atoms with Crippen molar-refractivity contribution < 1.29 is 14.3 Å². The Kier molecular flexibility index (Phi) is 8.48. The van der Waals surface area contributed by atoms with E-state index in [1.165, 1.54) is 4.90 Å². The second-order valence-electron chi connectivity index (χ2n) is 10.1. The van der Waals surface area contributed by atoms with Gasteiger partial charge in [-0.3, -0.25) is 9.59 Å². The second-order valence-corrected chi connectivity index (χ2v) is 10.5. The van der Waals surface area contributed by atoms with Gasteiger partial charge in [0.15, 0.2) is 0 Å². The number of carbonyl (C=O) groups is 2. The standard InChI is InChI=1S/C24H35ClN4O3/c1-23(2,3)15-22(31)28(12-13-32-7)16-21(30)26-20-14-19(24(4,5)6)27-29(20)18-11-9-8-10-17(18)25/h8-11,14H,12-13,15-16H2,1-7H3,(H,26,30). The van der Waals surface area contributed by atoms with Gasteiger partial charge in [0.25, 0.3) is 0 Å². The van der Waals surface area contributed by atoms with Gasteiger partial charge in [-0.1, -0.05) is 65.3 Å². The average Bonchev–Trinajstić information content (AvgIpc) is 3.08. The van der Waals surface area contributed by atoms with Gasteiger partial charge in [-0.25, -0.2) is 4.68 Å². The summed E-state index contributed by atoms with van der Waals surface area (Å²) in [5, 5.41) is 8.14. The summed E-state index contributed by atoms with van der Waals surface area (Å²) in [4.78, 5) is 27.3. The van der Waals surface area contributed by atoms with E-state index in [2.05, 4.69) is 26.1 Å². The van der Waals surface area contributed by atoms with E-state index in [0.717, 1.165) is 5.69 Å². The Morgan fingerprint density at radius 1 is 1.16 bits per heavy atom. The van der Waals surface area contributed by atoms with E-state index >= 15 is 0 Å². The van der Waals surface area contributed by atoms with Gasteiger partial charge in [0.1, 0.15) is 5.82 Å². The van der Waals surface area contributed by atoms with Crippen molar-refractivity contribution in [3.05, 3.63) is 41.0 Å². The number of hydrogen-bond donors (Lipinski definition) is 1. The maximum absolute atomic E-state index is 13.0. The molecule has 0 aliphatic heterocycles. The fourth-order valence-electron chi connectivity index (χ4n) is 3.06. The van der Waals surface area contributed by atoms with Crippen molar-refractivity contribution in [1.29, 1.82) is 0 Å². The molecule has 0 fully saturated rings. The van der Waals surface area contributed by atoms with Crippen molar-refractivity contribution >= 4 is 29.2 Å². The molecule has 0 saturated carbocycles. The maximum atomic E-state index is 13.0. The molecule has 0 aliphatic rings. The minimum absolute atomic E-state index is 0.0726. The summed E-state index contributed by atoms with van der Waals surface area (Å²) >= 11 is 6.40. The van der Waals surface area contributed by atoms with Crippen LogP contribution >= 0.6 is 11.6 Å². The molecule has 1 aromatic carbocycles. The van der Waals surface area contributed by atoms with Gasteiger partial charge in [-0.15, -0.1) is 0 Å². The Morgan fingerprint density at radius 2 is 1.81 bits per heavy atom. The minimum atomic E-state index is -0.308. The summed E-state index contributed by atoms with van der Waals surface area (Å²) in [7, 11) is 1.57. The van der Waals surface area contributed by atoms with Crippen molar-refractivity contribution in [2.24, 2.45) is 5.41 Å². The Bertz CT molecular complexity index is 941. The first-order valence-corrected chi connectivity index (χ1v) is 11.1. The molecule has 2 aromatic rings. The summed E-state index contributed by atoms with van der Waals surface area (Å²) in [5.41, 5.74) is 1.08. The van der Waals surface area contributed by atoms with Crippen molar-refractivity contribution in [2.75, 3.05) is 32.1 Å². The monoisotopic (exact) mass is 462 g/mol. The maximum Gasteiger partial charge on any atom is 0.245 e. The molecule has 0 unspecified atom stereocenters. The van der Waals surface area contributed by atoms with Crippen LogP contribution in [0, 0.1) is 5.41 Å². The summed E-state index contributed by atoms with van der Waals surface area (Å²) in [5.74, 6) is 0.111. The highest BCUT2D eigenvalue weighted by Crippen LogP contribution is 2.29. The van der Waals surface area contributed by atoms with Crippen molar-refractivity contribution in [3.8, 4) is 5.69 Å². The molecule has 1 aromatic heterocycles. The number of methoxy groups -OCH3 is 1. The Morgan fingerprint density at radius 3 is 2.38 bits per heavy atom. The van der Waals surface area contributed by atoms with Crippen LogP contribution in [-0.4, -0.2) is 53.3 Å². The third-order valence-corrected chi connectivity index (χ3v) is 5.08. The van der Waals surface area contributed by atoms with E-state index in [-0.39, 0.29) is 29.2 Å². The molecule has 8 heteroatoms. The molecular weight excluding hydrogens is 428 g/mol. The molecule has 1 N–H and O–H groups in total. The van der Waals surface area contributed by atoms with Crippen LogP contribution in [0.3, 0.4) is 0 Å². The lowest BCUT2D eigenvalue weighted by Gasteiger charge is -2.26. The van der Waals surface area contributed by atoms with Crippen molar-refractivity contribution in [2.45, 2.75) is 53.4 Å². The van der Waals surface area contributed by atoms with Gasteiger partial charge in [0, 0.05) is 31.6 Å². The highest BCUT2D eigenvalue weighted by molar-refractivity contribution is 6.32. The van der Waals surface area contributed by atoms with E-state index in [4.69, 9.17) is 21.4 Å². The minimum Gasteiger partial charge on any atom is -0.383 e. The molecule has 32 heavy (non-hydrogen) atoms. The zero-order valence-corrected chi connectivity index (χ0v) is 20.9. The molecule has 0 radical (unpaired) electrons. The molecule has 0 spiro atoms. The van der Waals surface area contributed by atoms with E-state index < -0.39 is 0 Å². The first-order chi connectivity index (χ1) is 14.8. The highest BCUT2D eigenvalue weighted by Gasteiger charge is 2.25. The van der Waals surface area contributed by atoms with Crippen LogP contribution in [0.1, 0.15) is 53.7 Å². The number of nitrogens with zero attached hydrogens (tertiary/aromatic N) is 3. The number of aromatic nitrogens is 2. The van der Waals surface area contributed by atoms with Gasteiger partial charge < -0.3 is 15.0 Å². The Labute approximate surface area is 196 Å². The number of anilines is 1. The number of rotatable bonds is 8. The lowest BCUT2D eigenvalue weighted by Crippen LogP contribution is -2.41. The molecule has 0 aliphatic carbocycles. The SMILES string of the molecule is COCCN(CC(=O)Nc1cc(C(C)(C)C)nn1-c1ccccc1Cl)C(=O)CC(C)(C)C.